The number of hydrogen-bond acceptors (Lipinski definition) is 4. The largest absolute Gasteiger partial charge is 0.465 e. The SMILES string of the molecule is COC(=O)c1sc(-c2ccnn2C)cc1Br. The van der Waals surface area contributed by atoms with Crippen LogP contribution in [0.4, 0.5) is 0 Å². The van der Waals surface area contributed by atoms with Crippen LogP contribution in [0.5, 0.6) is 0 Å². The van der Waals surface area contributed by atoms with Gasteiger partial charge in [-0.2, -0.15) is 5.10 Å². The van der Waals surface area contributed by atoms with E-state index in [0.717, 1.165) is 15.0 Å². The predicted octanol–water partition coefficient (Wildman–Crippen LogP) is 2.70. The molecule has 0 amide bonds. The van der Waals surface area contributed by atoms with Gasteiger partial charge in [-0.15, -0.1) is 11.3 Å². The van der Waals surface area contributed by atoms with Crippen molar-refractivity contribution in [2.45, 2.75) is 0 Å². The van der Waals surface area contributed by atoms with Crippen molar-refractivity contribution in [1.82, 2.24) is 9.78 Å². The van der Waals surface area contributed by atoms with E-state index >= 15 is 0 Å². The Hall–Kier alpha value is -1.14. The molecule has 0 aliphatic carbocycles. The number of aryl methyl sites for hydroxylation is 1. The molecule has 0 unspecified atom stereocenters. The number of ether oxygens (including phenoxy) is 1. The number of methoxy groups -OCH3 is 1. The Morgan fingerprint density at radius 3 is 2.94 bits per heavy atom. The molecule has 16 heavy (non-hydrogen) atoms. The Morgan fingerprint density at radius 2 is 2.38 bits per heavy atom. The number of halogens is 1. The number of nitrogens with zero attached hydrogens (tertiary/aromatic N) is 2. The van der Waals surface area contributed by atoms with Crippen molar-refractivity contribution in [3.05, 3.63) is 27.7 Å². The molecule has 0 aromatic carbocycles. The first-order valence-corrected chi connectivity index (χ1v) is 6.10. The third-order valence-electron chi connectivity index (χ3n) is 2.13. The number of esters is 1. The van der Waals surface area contributed by atoms with E-state index in [9.17, 15) is 4.79 Å². The lowest BCUT2D eigenvalue weighted by Gasteiger charge is -1.96. The van der Waals surface area contributed by atoms with Crippen LogP contribution in [0.15, 0.2) is 22.8 Å². The molecule has 0 saturated carbocycles. The van der Waals surface area contributed by atoms with Crippen molar-refractivity contribution in [1.29, 1.82) is 0 Å². The van der Waals surface area contributed by atoms with Gasteiger partial charge in [-0.1, -0.05) is 0 Å². The summed E-state index contributed by atoms with van der Waals surface area (Å²) in [6.07, 6.45) is 1.72. The first-order valence-electron chi connectivity index (χ1n) is 4.49. The second-order valence-corrected chi connectivity index (χ2v) is 5.03. The molecular weight excluding hydrogens is 292 g/mol. The Balaban J connectivity index is 2.46. The number of aromatic nitrogens is 2. The van der Waals surface area contributed by atoms with E-state index in [1.807, 2.05) is 19.2 Å². The summed E-state index contributed by atoms with van der Waals surface area (Å²) in [5.41, 5.74) is 0.973. The highest BCUT2D eigenvalue weighted by molar-refractivity contribution is 9.10. The fourth-order valence-electron chi connectivity index (χ4n) is 1.34. The summed E-state index contributed by atoms with van der Waals surface area (Å²) in [6, 6.07) is 3.80. The molecular formula is C10H9BrN2O2S. The van der Waals surface area contributed by atoms with E-state index in [1.165, 1.54) is 18.4 Å². The maximum absolute atomic E-state index is 11.4. The van der Waals surface area contributed by atoms with Gasteiger partial charge in [0.2, 0.25) is 0 Å². The zero-order valence-electron chi connectivity index (χ0n) is 8.73. The van der Waals surface area contributed by atoms with Crippen molar-refractivity contribution in [2.24, 2.45) is 7.05 Å². The molecule has 0 spiro atoms. The second-order valence-electron chi connectivity index (χ2n) is 3.12. The van der Waals surface area contributed by atoms with Crippen LogP contribution in [0.3, 0.4) is 0 Å². The number of carbonyl (C=O) groups is 1. The highest BCUT2D eigenvalue weighted by atomic mass is 79.9. The van der Waals surface area contributed by atoms with Crippen LogP contribution in [0.1, 0.15) is 9.67 Å². The van der Waals surface area contributed by atoms with Crippen molar-refractivity contribution >= 4 is 33.2 Å². The fourth-order valence-corrected chi connectivity index (χ4v) is 3.15. The predicted molar refractivity (Wildman–Crippen MR) is 65.6 cm³/mol. The maximum atomic E-state index is 11.4. The number of hydrogen-bond donors (Lipinski definition) is 0. The molecule has 2 aromatic heterocycles. The topological polar surface area (TPSA) is 44.1 Å². The number of carbonyl (C=O) groups excluding carboxylic acids is 1. The van der Waals surface area contributed by atoms with E-state index in [1.54, 1.807) is 10.9 Å². The molecule has 0 atom stereocenters. The van der Waals surface area contributed by atoms with E-state index in [2.05, 4.69) is 21.0 Å². The molecule has 2 rings (SSSR count). The smallest absolute Gasteiger partial charge is 0.349 e. The molecule has 2 heterocycles. The summed E-state index contributed by atoms with van der Waals surface area (Å²) in [5, 5.41) is 4.09. The zero-order valence-corrected chi connectivity index (χ0v) is 11.1. The first-order chi connectivity index (χ1) is 7.63. The van der Waals surface area contributed by atoms with Crippen LogP contribution in [0, 0.1) is 0 Å². The van der Waals surface area contributed by atoms with Gasteiger partial charge in [-0.3, -0.25) is 4.68 Å². The zero-order chi connectivity index (χ0) is 11.7. The van der Waals surface area contributed by atoms with E-state index in [4.69, 9.17) is 4.74 Å². The highest BCUT2D eigenvalue weighted by Gasteiger charge is 2.17. The molecule has 0 fully saturated rings. The second kappa shape index (κ2) is 4.39. The molecule has 4 nitrogen and oxygen atoms in total. The average molecular weight is 301 g/mol. The van der Waals surface area contributed by atoms with Gasteiger partial charge in [0.1, 0.15) is 4.88 Å². The molecule has 2 aromatic rings. The minimum atomic E-state index is -0.328. The van der Waals surface area contributed by atoms with Gasteiger partial charge in [0.25, 0.3) is 0 Å². The summed E-state index contributed by atoms with van der Waals surface area (Å²) in [4.78, 5) is 13.0. The third-order valence-corrected chi connectivity index (χ3v) is 4.16. The molecule has 0 aliphatic heterocycles. The minimum absolute atomic E-state index is 0.328. The molecule has 0 radical (unpaired) electrons. The monoisotopic (exact) mass is 300 g/mol. The lowest BCUT2D eigenvalue weighted by molar-refractivity contribution is 0.0605. The van der Waals surface area contributed by atoms with Crippen molar-refractivity contribution in [2.75, 3.05) is 7.11 Å². The van der Waals surface area contributed by atoms with Crippen LogP contribution < -0.4 is 0 Å². The van der Waals surface area contributed by atoms with Crippen LogP contribution >= 0.6 is 27.3 Å². The molecule has 0 bridgehead atoms. The van der Waals surface area contributed by atoms with Crippen LogP contribution in [-0.4, -0.2) is 22.9 Å². The number of rotatable bonds is 2. The molecule has 84 valence electrons. The summed E-state index contributed by atoms with van der Waals surface area (Å²) in [7, 11) is 3.24. The minimum Gasteiger partial charge on any atom is -0.465 e. The molecule has 0 aliphatic rings. The van der Waals surface area contributed by atoms with Gasteiger partial charge in [0.05, 0.1) is 17.7 Å². The van der Waals surface area contributed by atoms with Crippen LogP contribution in [-0.2, 0) is 11.8 Å². The van der Waals surface area contributed by atoms with Crippen LogP contribution in [0.2, 0.25) is 0 Å². The molecule has 6 heteroatoms. The summed E-state index contributed by atoms with van der Waals surface area (Å²) >= 11 is 4.73. The maximum Gasteiger partial charge on any atom is 0.349 e. The van der Waals surface area contributed by atoms with E-state index in [-0.39, 0.29) is 5.97 Å². The Kier molecular flexibility index (Phi) is 3.11. The van der Waals surface area contributed by atoms with Gasteiger partial charge in [-0.25, -0.2) is 4.79 Å². The van der Waals surface area contributed by atoms with Gasteiger partial charge >= 0.3 is 5.97 Å². The van der Waals surface area contributed by atoms with Crippen molar-refractivity contribution in [3.63, 3.8) is 0 Å². The van der Waals surface area contributed by atoms with Gasteiger partial charge < -0.3 is 4.74 Å². The first kappa shape index (κ1) is 11.3. The van der Waals surface area contributed by atoms with E-state index < -0.39 is 0 Å². The normalized spacial score (nSPS) is 10.4. The highest BCUT2D eigenvalue weighted by Crippen LogP contribution is 2.34. The standard InChI is InChI=1S/C10H9BrN2O2S/c1-13-7(3-4-12-13)8-5-6(11)9(16-8)10(14)15-2/h3-5H,1-2H3. The van der Waals surface area contributed by atoms with Gasteiger partial charge in [-0.05, 0) is 28.1 Å². The summed E-state index contributed by atoms with van der Waals surface area (Å²) in [5.74, 6) is -0.328. The van der Waals surface area contributed by atoms with E-state index in [0.29, 0.717) is 4.88 Å². The lowest BCUT2D eigenvalue weighted by Crippen LogP contribution is -1.98. The molecule has 0 N–H and O–H groups in total. The lowest BCUT2D eigenvalue weighted by atomic mass is 10.3. The number of thiophene rings is 1. The van der Waals surface area contributed by atoms with Crippen LogP contribution in [0.25, 0.3) is 10.6 Å². The fraction of sp³-hybridized carbons (Fsp3) is 0.200. The Bertz CT molecular complexity index is 533. The average Bonchev–Trinajstić information content (AvgIpc) is 2.83. The summed E-state index contributed by atoms with van der Waals surface area (Å²) in [6.45, 7) is 0. The molecule has 0 saturated heterocycles. The van der Waals surface area contributed by atoms with Crippen molar-refractivity contribution in [3.8, 4) is 10.6 Å². The summed E-state index contributed by atoms with van der Waals surface area (Å²) < 4.78 is 7.21. The van der Waals surface area contributed by atoms with Gasteiger partial charge in [0.15, 0.2) is 0 Å². The van der Waals surface area contributed by atoms with Crippen molar-refractivity contribution < 1.29 is 9.53 Å². The Labute approximate surface area is 105 Å². The quantitative estimate of drug-likeness (QED) is 0.801. The Morgan fingerprint density at radius 1 is 1.62 bits per heavy atom. The third kappa shape index (κ3) is 1.90. The van der Waals surface area contributed by atoms with Gasteiger partial charge in [0, 0.05) is 17.7 Å².